The average Bonchev–Trinajstić information content (AvgIpc) is 2.53. The number of nitrogens with two attached hydrogens (primary N) is 1. The molecule has 118 valence electrons. The van der Waals surface area contributed by atoms with Crippen molar-refractivity contribution < 1.29 is 14.2 Å². The Balaban J connectivity index is 1.64. The van der Waals surface area contributed by atoms with Crippen LogP contribution in [0.1, 0.15) is 18.4 Å². The first-order chi connectivity index (χ1) is 10.7. The summed E-state index contributed by atoms with van der Waals surface area (Å²) in [5.74, 6) is 2.34. The highest BCUT2D eigenvalue weighted by molar-refractivity contribution is 5.56. The minimum Gasteiger partial charge on any atom is -0.497 e. The van der Waals surface area contributed by atoms with Gasteiger partial charge in [0.05, 0.1) is 26.0 Å². The largest absolute Gasteiger partial charge is 0.497 e. The molecule has 0 radical (unpaired) electrons. The molecule has 0 aliphatic rings. The van der Waals surface area contributed by atoms with Crippen LogP contribution in [0.15, 0.2) is 42.5 Å². The molecule has 0 aliphatic carbocycles. The van der Waals surface area contributed by atoms with Crippen LogP contribution in [0.25, 0.3) is 0 Å². The smallest absolute Gasteiger partial charge is 0.142 e. The van der Waals surface area contributed by atoms with Crippen LogP contribution in [0.4, 0.5) is 5.69 Å². The van der Waals surface area contributed by atoms with Crippen molar-refractivity contribution in [3.05, 3.63) is 48.0 Å². The van der Waals surface area contributed by atoms with Crippen molar-refractivity contribution in [1.82, 2.24) is 0 Å². The van der Waals surface area contributed by atoms with Crippen molar-refractivity contribution in [3.63, 3.8) is 0 Å². The van der Waals surface area contributed by atoms with E-state index in [9.17, 15) is 0 Å². The molecule has 2 aromatic carbocycles. The molecule has 22 heavy (non-hydrogen) atoms. The maximum atomic E-state index is 5.90. The van der Waals surface area contributed by atoms with Crippen LogP contribution in [-0.4, -0.2) is 20.3 Å². The molecular formula is C18H23NO3. The highest BCUT2D eigenvalue weighted by Gasteiger charge is 2.02. The molecule has 4 nitrogen and oxygen atoms in total. The summed E-state index contributed by atoms with van der Waals surface area (Å²) < 4.78 is 16.4. The quantitative estimate of drug-likeness (QED) is 0.595. The molecule has 0 aromatic heterocycles. The Kier molecular flexibility index (Phi) is 5.95. The van der Waals surface area contributed by atoms with Crippen molar-refractivity contribution in [1.29, 1.82) is 0 Å². The summed E-state index contributed by atoms with van der Waals surface area (Å²) in [4.78, 5) is 0. The number of hydrogen-bond acceptors (Lipinski definition) is 4. The fourth-order valence-electron chi connectivity index (χ4n) is 2.00. The van der Waals surface area contributed by atoms with Gasteiger partial charge in [0, 0.05) is 6.07 Å². The Labute approximate surface area is 131 Å². The van der Waals surface area contributed by atoms with Gasteiger partial charge in [0.1, 0.15) is 17.2 Å². The maximum Gasteiger partial charge on any atom is 0.142 e. The summed E-state index contributed by atoms with van der Waals surface area (Å²) in [6.45, 7) is 3.37. The maximum absolute atomic E-state index is 5.90. The molecule has 4 heteroatoms. The molecule has 2 N–H and O–H groups in total. The number of ether oxygens (including phenoxy) is 3. The second-order valence-electron chi connectivity index (χ2n) is 5.12. The lowest BCUT2D eigenvalue weighted by Gasteiger charge is -2.10. The van der Waals surface area contributed by atoms with Crippen molar-refractivity contribution in [2.45, 2.75) is 19.8 Å². The second-order valence-corrected chi connectivity index (χ2v) is 5.12. The number of methoxy groups -OCH3 is 1. The standard InChI is InChI=1S/C18H23NO3/c1-14-5-7-15(8-6-14)21-11-3-4-12-22-18-10-9-16(20-2)13-17(18)19/h5-10,13H,3-4,11-12,19H2,1-2H3. The van der Waals surface area contributed by atoms with Gasteiger partial charge in [-0.3, -0.25) is 0 Å². The predicted molar refractivity (Wildman–Crippen MR) is 88.8 cm³/mol. The number of anilines is 1. The predicted octanol–water partition coefficient (Wildman–Crippen LogP) is 3.82. The van der Waals surface area contributed by atoms with Crippen LogP contribution < -0.4 is 19.9 Å². The molecule has 2 aromatic rings. The number of benzene rings is 2. The van der Waals surface area contributed by atoms with Crippen LogP contribution in [0.3, 0.4) is 0 Å². The zero-order valence-electron chi connectivity index (χ0n) is 13.2. The van der Waals surface area contributed by atoms with Gasteiger partial charge in [-0.25, -0.2) is 0 Å². The summed E-state index contributed by atoms with van der Waals surface area (Å²) in [7, 11) is 1.61. The van der Waals surface area contributed by atoms with Gasteiger partial charge in [-0.1, -0.05) is 17.7 Å². The molecule has 0 fully saturated rings. The van der Waals surface area contributed by atoms with Gasteiger partial charge >= 0.3 is 0 Å². The van der Waals surface area contributed by atoms with E-state index in [-0.39, 0.29) is 0 Å². The Hall–Kier alpha value is -2.36. The molecule has 0 saturated carbocycles. The monoisotopic (exact) mass is 301 g/mol. The van der Waals surface area contributed by atoms with Crippen LogP contribution in [0.2, 0.25) is 0 Å². The first-order valence-electron chi connectivity index (χ1n) is 7.45. The fourth-order valence-corrected chi connectivity index (χ4v) is 2.00. The van der Waals surface area contributed by atoms with Crippen LogP contribution in [0, 0.1) is 6.92 Å². The third-order valence-corrected chi connectivity index (χ3v) is 3.30. The number of rotatable bonds is 8. The van der Waals surface area contributed by atoms with Gasteiger partial charge < -0.3 is 19.9 Å². The summed E-state index contributed by atoms with van der Waals surface area (Å²) >= 11 is 0. The van der Waals surface area contributed by atoms with Crippen LogP contribution in [-0.2, 0) is 0 Å². The van der Waals surface area contributed by atoms with E-state index in [4.69, 9.17) is 19.9 Å². The van der Waals surface area contributed by atoms with Gasteiger partial charge in [0.25, 0.3) is 0 Å². The minimum atomic E-state index is 0.593. The number of hydrogen-bond donors (Lipinski definition) is 1. The van der Waals surface area contributed by atoms with Gasteiger partial charge in [-0.05, 0) is 44.0 Å². The molecule has 0 unspecified atom stereocenters. The van der Waals surface area contributed by atoms with Gasteiger partial charge in [-0.2, -0.15) is 0 Å². The summed E-state index contributed by atoms with van der Waals surface area (Å²) in [5.41, 5.74) is 7.72. The molecule has 2 rings (SSSR count). The zero-order valence-corrected chi connectivity index (χ0v) is 13.2. The Bertz CT molecular complexity index is 581. The second kappa shape index (κ2) is 8.17. The highest BCUT2D eigenvalue weighted by Crippen LogP contribution is 2.26. The van der Waals surface area contributed by atoms with Crippen LogP contribution >= 0.6 is 0 Å². The molecule has 0 spiro atoms. The zero-order chi connectivity index (χ0) is 15.8. The van der Waals surface area contributed by atoms with Crippen molar-refractivity contribution in [3.8, 4) is 17.2 Å². The third-order valence-electron chi connectivity index (χ3n) is 3.30. The number of aryl methyl sites for hydroxylation is 1. The molecule has 0 aliphatic heterocycles. The normalized spacial score (nSPS) is 10.3. The minimum absolute atomic E-state index is 0.593. The van der Waals surface area contributed by atoms with E-state index >= 15 is 0 Å². The van der Waals surface area contributed by atoms with E-state index in [1.165, 1.54) is 5.56 Å². The van der Waals surface area contributed by atoms with E-state index < -0.39 is 0 Å². The summed E-state index contributed by atoms with van der Waals surface area (Å²) in [6.07, 6.45) is 1.85. The summed E-state index contributed by atoms with van der Waals surface area (Å²) in [5, 5.41) is 0. The molecule has 0 amide bonds. The average molecular weight is 301 g/mol. The van der Waals surface area contributed by atoms with E-state index in [1.807, 2.05) is 36.4 Å². The van der Waals surface area contributed by atoms with E-state index in [1.54, 1.807) is 13.2 Å². The van der Waals surface area contributed by atoms with Crippen LogP contribution in [0.5, 0.6) is 17.2 Å². The molecule has 0 saturated heterocycles. The highest BCUT2D eigenvalue weighted by atomic mass is 16.5. The Morgan fingerprint density at radius 1 is 0.864 bits per heavy atom. The topological polar surface area (TPSA) is 53.7 Å². The lowest BCUT2D eigenvalue weighted by Crippen LogP contribution is -2.04. The van der Waals surface area contributed by atoms with Crippen molar-refractivity contribution >= 4 is 5.69 Å². The lowest BCUT2D eigenvalue weighted by atomic mass is 10.2. The van der Waals surface area contributed by atoms with E-state index in [0.29, 0.717) is 24.7 Å². The third kappa shape index (κ3) is 4.88. The molecule has 0 atom stereocenters. The molecule has 0 heterocycles. The fraction of sp³-hybridized carbons (Fsp3) is 0.333. The van der Waals surface area contributed by atoms with E-state index in [2.05, 4.69) is 6.92 Å². The lowest BCUT2D eigenvalue weighted by molar-refractivity contribution is 0.267. The summed E-state index contributed by atoms with van der Waals surface area (Å²) in [6, 6.07) is 13.5. The van der Waals surface area contributed by atoms with Gasteiger partial charge in [0.2, 0.25) is 0 Å². The van der Waals surface area contributed by atoms with E-state index in [0.717, 1.165) is 24.3 Å². The van der Waals surface area contributed by atoms with Crippen molar-refractivity contribution in [2.75, 3.05) is 26.1 Å². The Morgan fingerprint density at radius 3 is 2.14 bits per heavy atom. The number of nitrogen functional groups attached to an aromatic ring is 1. The number of unbranched alkanes of at least 4 members (excludes halogenated alkanes) is 1. The molecule has 0 bridgehead atoms. The first kappa shape index (κ1) is 16.0. The Morgan fingerprint density at radius 2 is 1.50 bits per heavy atom. The molecular weight excluding hydrogens is 278 g/mol. The SMILES string of the molecule is COc1ccc(OCCCCOc2ccc(C)cc2)c(N)c1. The van der Waals surface area contributed by atoms with Gasteiger partial charge in [-0.15, -0.1) is 0 Å². The first-order valence-corrected chi connectivity index (χ1v) is 7.45. The van der Waals surface area contributed by atoms with Gasteiger partial charge in [0.15, 0.2) is 0 Å². The van der Waals surface area contributed by atoms with Crippen molar-refractivity contribution in [2.24, 2.45) is 0 Å².